The molecule has 7 heteroatoms. The molecule has 0 bridgehead atoms. The molecule has 5 nitrogen and oxygen atoms in total. The van der Waals surface area contributed by atoms with Crippen LogP contribution in [0.15, 0.2) is 67.0 Å². The fourth-order valence-corrected chi connectivity index (χ4v) is 2.75. The van der Waals surface area contributed by atoms with Gasteiger partial charge in [-0.1, -0.05) is 12.1 Å². The van der Waals surface area contributed by atoms with E-state index in [0.717, 1.165) is 3.57 Å². The predicted molar refractivity (Wildman–Crippen MR) is 106 cm³/mol. The fraction of sp³-hybridized carbons (Fsp3) is 0. The Morgan fingerprint density at radius 1 is 0.923 bits per heavy atom. The quantitative estimate of drug-likeness (QED) is 0.569. The Balaban J connectivity index is 1.87. The zero-order valence-electron chi connectivity index (χ0n) is 13.4. The summed E-state index contributed by atoms with van der Waals surface area (Å²) in [4.78, 5) is 28.9. The van der Waals surface area contributed by atoms with Crippen LogP contribution in [-0.4, -0.2) is 16.8 Å². The maximum Gasteiger partial charge on any atom is 0.257 e. The van der Waals surface area contributed by atoms with Crippen LogP contribution >= 0.6 is 22.6 Å². The molecule has 2 aromatic carbocycles. The van der Waals surface area contributed by atoms with Gasteiger partial charge < -0.3 is 10.6 Å². The second-order valence-electron chi connectivity index (χ2n) is 5.32. The highest BCUT2D eigenvalue weighted by molar-refractivity contribution is 14.1. The molecule has 0 spiro atoms. The second kappa shape index (κ2) is 8.05. The van der Waals surface area contributed by atoms with Gasteiger partial charge in [-0.3, -0.25) is 14.6 Å². The minimum absolute atomic E-state index is 0.0703. The number of nitrogens with zero attached hydrogens (tertiary/aromatic N) is 1. The molecule has 26 heavy (non-hydrogen) atoms. The Morgan fingerprint density at radius 3 is 2.42 bits per heavy atom. The molecule has 0 aliphatic heterocycles. The maximum absolute atomic E-state index is 13.8. The standard InChI is InChI=1S/C19H13FIN3O2/c20-15-5-1-2-6-17(15)24-19(26)14-10-13(21)7-8-16(14)23-18(25)12-4-3-9-22-11-12/h1-11H,(H,23,25)(H,24,26). The number of halogens is 2. The zero-order chi connectivity index (χ0) is 18.5. The van der Waals surface area contributed by atoms with Gasteiger partial charge in [0.1, 0.15) is 5.82 Å². The fourth-order valence-electron chi connectivity index (χ4n) is 2.26. The largest absolute Gasteiger partial charge is 0.321 e. The van der Waals surface area contributed by atoms with E-state index in [1.54, 1.807) is 42.6 Å². The summed E-state index contributed by atoms with van der Waals surface area (Å²) in [7, 11) is 0. The molecular formula is C19H13FIN3O2. The first-order valence-electron chi connectivity index (χ1n) is 7.61. The number of anilines is 2. The van der Waals surface area contributed by atoms with E-state index in [9.17, 15) is 14.0 Å². The van der Waals surface area contributed by atoms with E-state index >= 15 is 0 Å². The average molecular weight is 461 g/mol. The summed E-state index contributed by atoms with van der Waals surface area (Å²) >= 11 is 2.06. The van der Waals surface area contributed by atoms with Crippen molar-refractivity contribution in [1.82, 2.24) is 4.98 Å². The molecule has 0 saturated heterocycles. The van der Waals surface area contributed by atoms with E-state index in [0.29, 0.717) is 11.3 Å². The zero-order valence-corrected chi connectivity index (χ0v) is 15.5. The SMILES string of the molecule is O=C(Nc1ccc(I)cc1C(=O)Nc1ccccc1F)c1cccnc1. The lowest BCUT2D eigenvalue weighted by Gasteiger charge is -2.12. The predicted octanol–water partition coefficient (Wildman–Crippen LogP) is 4.33. The number of carbonyl (C=O) groups is 2. The van der Waals surface area contributed by atoms with Crippen molar-refractivity contribution in [2.45, 2.75) is 0 Å². The lowest BCUT2D eigenvalue weighted by Crippen LogP contribution is -2.19. The number of rotatable bonds is 4. The van der Waals surface area contributed by atoms with E-state index in [1.807, 2.05) is 0 Å². The van der Waals surface area contributed by atoms with Gasteiger partial charge in [-0.15, -0.1) is 0 Å². The number of nitrogens with one attached hydrogen (secondary N) is 2. The Kier molecular flexibility index (Phi) is 5.57. The van der Waals surface area contributed by atoms with Crippen LogP contribution in [0.2, 0.25) is 0 Å². The highest BCUT2D eigenvalue weighted by Crippen LogP contribution is 2.22. The molecule has 3 rings (SSSR count). The van der Waals surface area contributed by atoms with Crippen LogP contribution in [0.1, 0.15) is 20.7 Å². The van der Waals surface area contributed by atoms with Gasteiger partial charge in [0.05, 0.1) is 22.5 Å². The maximum atomic E-state index is 13.8. The van der Waals surface area contributed by atoms with E-state index in [-0.39, 0.29) is 17.2 Å². The van der Waals surface area contributed by atoms with Gasteiger partial charge in [0.2, 0.25) is 0 Å². The van der Waals surface area contributed by atoms with Crippen molar-refractivity contribution in [3.63, 3.8) is 0 Å². The summed E-state index contributed by atoms with van der Waals surface area (Å²) in [6.07, 6.45) is 3.00. The van der Waals surface area contributed by atoms with Gasteiger partial charge in [-0.2, -0.15) is 0 Å². The van der Waals surface area contributed by atoms with Crippen molar-refractivity contribution >= 4 is 45.8 Å². The summed E-state index contributed by atoms with van der Waals surface area (Å²) < 4.78 is 14.6. The summed E-state index contributed by atoms with van der Waals surface area (Å²) in [6.45, 7) is 0. The number of hydrogen-bond donors (Lipinski definition) is 2. The van der Waals surface area contributed by atoms with Crippen molar-refractivity contribution in [3.05, 3.63) is 87.5 Å². The molecule has 2 N–H and O–H groups in total. The highest BCUT2D eigenvalue weighted by atomic mass is 127. The van der Waals surface area contributed by atoms with E-state index in [2.05, 4.69) is 38.2 Å². The van der Waals surface area contributed by atoms with Crippen molar-refractivity contribution in [2.24, 2.45) is 0 Å². The molecule has 0 unspecified atom stereocenters. The van der Waals surface area contributed by atoms with Crippen LogP contribution in [0, 0.1) is 9.39 Å². The molecule has 0 saturated carbocycles. The molecule has 0 aliphatic rings. The third kappa shape index (κ3) is 4.23. The van der Waals surface area contributed by atoms with Gasteiger partial charge in [-0.05, 0) is 65.1 Å². The lowest BCUT2D eigenvalue weighted by molar-refractivity contribution is 0.102. The minimum atomic E-state index is -0.535. The van der Waals surface area contributed by atoms with Gasteiger partial charge in [-0.25, -0.2) is 4.39 Å². The Hall–Kier alpha value is -2.81. The van der Waals surface area contributed by atoms with Crippen molar-refractivity contribution in [2.75, 3.05) is 10.6 Å². The van der Waals surface area contributed by atoms with Crippen LogP contribution < -0.4 is 10.6 Å². The molecule has 2 amide bonds. The Morgan fingerprint density at radius 2 is 1.69 bits per heavy atom. The van der Waals surface area contributed by atoms with Crippen molar-refractivity contribution in [1.29, 1.82) is 0 Å². The van der Waals surface area contributed by atoms with Crippen LogP contribution in [0.25, 0.3) is 0 Å². The molecule has 3 aromatic rings. The summed E-state index contributed by atoms with van der Waals surface area (Å²) in [6, 6.07) is 14.2. The van der Waals surface area contributed by atoms with Crippen LogP contribution in [0.4, 0.5) is 15.8 Å². The third-order valence-electron chi connectivity index (χ3n) is 3.52. The number of carbonyl (C=O) groups excluding carboxylic acids is 2. The molecule has 0 fully saturated rings. The first-order chi connectivity index (χ1) is 12.5. The molecule has 1 heterocycles. The topological polar surface area (TPSA) is 71.1 Å². The summed E-state index contributed by atoms with van der Waals surface area (Å²) in [5.74, 6) is -1.44. The molecule has 130 valence electrons. The Bertz CT molecular complexity index is 964. The summed E-state index contributed by atoms with van der Waals surface area (Å²) in [5, 5.41) is 5.22. The van der Waals surface area contributed by atoms with Gasteiger partial charge in [0, 0.05) is 16.0 Å². The van der Waals surface area contributed by atoms with Crippen LogP contribution in [0.3, 0.4) is 0 Å². The molecular weight excluding hydrogens is 448 g/mol. The monoisotopic (exact) mass is 461 g/mol. The number of pyridine rings is 1. The number of para-hydroxylation sites is 1. The van der Waals surface area contributed by atoms with Gasteiger partial charge in [0.25, 0.3) is 11.8 Å². The van der Waals surface area contributed by atoms with Crippen LogP contribution in [0.5, 0.6) is 0 Å². The number of hydrogen-bond acceptors (Lipinski definition) is 3. The molecule has 0 aliphatic carbocycles. The van der Waals surface area contributed by atoms with Gasteiger partial charge in [0.15, 0.2) is 0 Å². The van der Waals surface area contributed by atoms with Gasteiger partial charge >= 0.3 is 0 Å². The van der Waals surface area contributed by atoms with Crippen molar-refractivity contribution in [3.8, 4) is 0 Å². The smallest absolute Gasteiger partial charge is 0.257 e. The average Bonchev–Trinajstić information content (AvgIpc) is 2.65. The number of amides is 2. The van der Waals surface area contributed by atoms with Crippen LogP contribution in [-0.2, 0) is 0 Å². The first-order valence-corrected chi connectivity index (χ1v) is 8.69. The normalized spacial score (nSPS) is 10.2. The Labute approximate surface area is 162 Å². The highest BCUT2D eigenvalue weighted by Gasteiger charge is 2.16. The van der Waals surface area contributed by atoms with E-state index < -0.39 is 11.7 Å². The van der Waals surface area contributed by atoms with E-state index in [1.165, 1.54) is 24.4 Å². The van der Waals surface area contributed by atoms with E-state index in [4.69, 9.17) is 0 Å². The molecule has 1 aromatic heterocycles. The number of aromatic nitrogens is 1. The summed E-state index contributed by atoms with van der Waals surface area (Å²) in [5.41, 5.74) is 0.998. The molecule has 0 radical (unpaired) electrons. The third-order valence-corrected chi connectivity index (χ3v) is 4.19. The molecule has 0 atom stereocenters. The lowest BCUT2D eigenvalue weighted by atomic mass is 10.1. The first kappa shape index (κ1) is 18.0. The van der Waals surface area contributed by atoms with Crippen molar-refractivity contribution < 1.29 is 14.0 Å². The second-order valence-corrected chi connectivity index (χ2v) is 6.57. The number of benzene rings is 2. The minimum Gasteiger partial charge on any atom is -0.321 e.